The van der Waals surface area contributed by atoms with E-state index in [0.29, 0.717) is 5.41 Å². The first-order valence-electron chi connectivity index (χ1n) is 8.19. The summed E-state index contributed by atoms with van der Waals surface area (Å²) < 4.78 is 0. The molecule has 0 bridgehead atoms. The monoisotopic (exact) mass is 273 g/mol. The Morgan fingerprint density at radius 3 is 2.15 bits per heavy atom. The minimum atomic E-state index is 0.252. The van der Waals surface area contributed by atoms with Gasteiger partial charge in [0.2, 0.25) is 0 Å². The third-order valence-corrected chi connectivity index (χ3v) is 4.76. The molecule has 112 valence electrons. The molecule has 1 saturated carbocycles. The van der Waals surface area contributed by atoms with Crippen molar-refractivity contribution in [3.63, 3.8) is 0 Å². The van der Waals surface area contributed by atoms with Crippen LogP contribution >= 0.6 is 0 Å². The molecular weight excluding hydrogens is 242 g/mol. The van der Waals surface area contributed by atoms with E-state index in [0.717, 1.165) is 13.1 Å². The average molecular weight is 273 g/mol. The quantitative estimate of drug-likeness (QED) is 0.810. The summed E-state index contributed by atoms with van der Waals surface area (Å²) in [7, 11) is 0. The molecule has 1 fully saturated rings. The zero-order chi connectivity index (χ0) is 14.6. The maximum Gasteiger partial charge on any atom is 0.0205 e. The first-order valence-corrected chi connectivity index (χ1v) is 8.19. The van der Waals surface area contributed by atoms with Crippen molar-refractivity contribution in [1.29, 1.82) is 0 Å². The van der Waals surface area contributed by atoms with Crippen LogP contribution in [0.5, 0.6) is 0 Å². The van der Waals surface area contributed by atoms with Crippen molar-refractivity contribution in [3.05, 3.63) is 35.4 Å². The van der Waals surface area contributed by atoms with E-state index in [4.69, 9.17) is 0 Å². The standard InChI is InChI=1S/C19H31N/c1-18(2,3)17-10-8-16(9-11-17)14-20-15-19(4)12-6-5-7-13-19/h8-11,20H,5-7,12-15H2,1-4H3. The minimum Gasteiger partial charge on any atom is -0.312 e. The maximum absolute atomic E-state index is 3.67. The molecule has 1 aromatic rings. The fraction of sp³-hybridized carbons (Fsp3) is 0.684. The van der Waals surface area contributed by atoms with Crippen LogP contribution in [-0.2, 0) is 12.0 Å². The molecule has 1 N–H and O–H groups in total. The first-order chi connectivity index (χ1) is 9.39. The molecule has 0 unspecified atom stereocenters. The van der Waals surface area contributed by atoms with Crippen LogP contribution in [0.4, 0.5) is 0 Å². The summed E-state index contributed by atoms with van der Waals surface area (Å²) in [6.45, 7) is 11.4. The molecule has 0 amide bonds. The van der Waals surface area contributed by atoms with Crippen LogP contribution in [0.1, 0.15) is 70.9 Å². The van der Waals surface area contributed by atoms with Crippen LogP contribution in [0.15, 0.2) is 24.3 Å². The molecule has 1 nitrogen and oxygen atoms in total. The molecule has 0 saturated heterocycles. The second kappa shape index (κ2) is 6.30. The number of rotatable bonds is 4. The van der Waals surface area contributed by atoms with Crippen molar-refractivity contribution in [2.24, 2.45) is 5.41 Å². The predicted molar refractivity (Wildman–Crippen MR) is 88.0 cm³/mol. The maximum atomic E-state index is 3.67. The van der Waals surface area contributed by atoms with Crippen LogP contribution in [0, 0.1) is 5.41 Å². The molecule has 1 aliphatic carbocycles. The Balaban J connectivity index is 1.82. The molecule has 0 heterocycles. The highest BCUT2D eigenvalue weighted by Gasteiger charge is 2.25. The van der Waals surface area contributed by atoms with Gasteiger partial charge in [-0.1, -0.05) is 71.2 Å². The molecule has 0 aromatic heterocycles. The van der Waals surface area contributed by atoms with Crippen LogP contribution in [0.2, 0.25) is 0 Å². The second-order valence-corrected chi connectivity index (χ2v) is 7.92. The number of nitrogens with one attached hydrogen (secondary N) is 1. The second-order valence-electron chi connectivity index (χ2n) is 7.92. The van der Waals surface area contributed by atoms with Crippen LogP contribution in [0.3, 0.4) is 0 Å². The van der Waals surface area contributed by atoms with Crippen LogP contribution < -0.4 is 5.32 Å². The van der Waals surface area contributed by atoms with E-state index in [9.17, 15) is 0 Å². The van der Waals surface area contributed by atoms with Gasteiger partial charge in [-0.25, -0.2) is 0 Å². The van der Waals surface area contributed by atoms with Crippen molar-refractivity contribution in [1.82, 2.24) is 5.32 Å². The summed E-state index contributed by atoms with van der Waals surface area (Å²) >= 11 is 0. The van der Waals surface area contributed by atoms with Gasteiger partial charge in [0.25, 0.3) is 0 Å². The van der Waals surface area contributed by atoms with Crippen molar-refractivity contribution in [2.75, 3.05) is 6.54 Å². The lowest BCUT2D eigenvalue weighted by molar-refractivity contribution is 0.207. The Morgan fingerprint density at radius 1 is 1.00 bits per heavy atom. The number of hydrogen-bond acceptors (Lipinski definition) is 1. The summed E-state index contributed by atoms with van der Waals surface area (Å²) in [6.07, 6.45) is 7.05. The van der Waals surface area contributed by atoms with Crippen molar-refractivity contribution in [3.8, 4) is 0 Å². The normalized spacial score (nSPS) is 19.0. The van der Waals surface area contributed by atoms with Gasteiger partial charge in [-0.15, -0.1) is 0 Å². The topological polar surface area (TPSA) is 12.0 Å². The van der Waals surface area contributed by atoms with Gasteiger partial charge in [0.05, 0.1) is 0 Å². The lowest BCUT2D eigenvalue weighted by Crippen LogP contribution is -2.33. The Kier molecular flexibility index (Phi) is 4.90. The smallest absolute Gasteiger partial charge is 0.0205 e. The van der Waals surface area contributed by atoms with E-state index in [1.807, 2.05) is 0 Å². The average Bonchev–Trinajstić information content (AvgIpc) is 2.39. The summed E-state index contributed by atoms with van der Waals surface area (Å²) in [5.74, 6) is 0. The van der Waals surface area contributed by atoms with E-state index in [-0.39, 0.29) is 5.41 Å². The highest BCUT2D eigenvalue weighted by Crippen LogP contribution is 2.35. The van der Waals surface area contributed by atoms with Gasteiger partial charge in [-0.2, -0.15) is 0 Å². The number of benzene rings is 1. The molecule has 1 heteroatoms. The van der Waals surface area contributed by atoms with Gasteiger partial charge in [0.15, 0.2) is 0 Å². The van der Waals surface area contributed by atoms with Gasteiger partial charge in [-0.05, 0) is 34.8 Å². The fourth-order valence-corrected chi connectivity index (χ4v) is 3.21. The highest BCUT2D eigenvalue weighted by atomic mass is 14.9. The molecule has 0 spiro atoms. The van der Waals surface area contributed by atoms with Crippen LogP contribution in [-0.4, -0.2) is 6.54 Å². The lowest BCUT2D eigenvalue weighted by atomic mass is 9.76. The lowest BCUT2D eigenvalue weighted by Gasteiger charge is -2.33. The summed E-state index contributed by atoms with van der Waals surface area (Å²) in [4.78, 5) is 0. The van der Waals surface area contributed by atoms with E-state index in [1.165, 1.54) is 43.2 Å². The summed E-state index contributed by atoms with van der Waals surface area (Å²) in [5, 5.41) is 3.67. The Bertz CT molecular complexity index is 404. The first kappa shape index (κ1) is 15.6. The zero-order valence-electron chi connectivity index (χ0n) is 13.8. The number of hydrogen-bond donors (Lipinski definition) is 1. The molecule has 2 rings (SSSR count). The third-order valence-electron chi connectivity index (χ3n) is 4.76. The predicted octanol–water partition coefficient (Wildman–Crippen LogP) is 5.04. The fourth-order valence-electron chi connectivity index (χ4n) is 3.21. The van der Waals surface area contributed by atoms with Crippen molar-refractivity contribution in [2.45, 2.75) is 71.8 Å². The molecule has 20 heavy (non-hydrogen) atoms. The van der Waals surface area contributed by atoms with Gasteiger partial charge in [-0.3, -0.25) is 0 Å². The minimum absolute atomic E-state index is 0.252. The van der Waals surface area contributed by atoms with E-state index in [1.54, 1.807) is 0 Å². The highest BCUT2D eigenvalue weighted by molar-refractivity contribution is 5.27. The zero-order valence-corrected chi connectivity index (χ0v) is 13.8. The van der Waals surface area contributed by atoms with E-state index >= 15 is 0 Å². The molecule has 0 radical (unpaired) electrons. The van der Waals surface area contributed by atoms with Crippen molar-refractivity contribution < 1.29 is 0 Å². The molecular formula is C19H31N. The van der Waals surface area contributed by atoms with Gasteiger partial charge in [0, 0.05) is 13.1 Å². The largest absolute Gasteiger partial charge is 0.312 e. The van der Waals surface area contributed by atoms with Gasteiger partial charge < -0.3 is 5.32 Å². The Morgan fingerprint density at radius 2 is 1.60 bits per heavy atom. The Hall–Kier alpha value is -0.820. The van der Waals surface area contributed by atoms with E-state index in [2.05, 4.69) is 57.3 Å². The molecule has 1 aliphatic rings. The molecule has 0 atom stereocenters. The Labute approximate surface area is 125 Å². The van der Waals surface area contributed by atoms with Gasteiger partial charge >= 0.3 is 0 Å². The molecule has 1 aromatic carbocycles. The SMILES string of the molecule is CC1(CNCc2ccc(C(C)(C)C)cc2)CCCCC1. The summed E-state index contributed by atoms with van der Waals surface area (Å²) in [5.41, 5.74) is 3.60. The van der Waals surface area contributed by atoms with Crippen LogP contribution in [0.25, 0.3) is 0 Å². The van der Waals surface area contributed by atoms with Gasteiger partial charge in [0.1, 0.15) is 0 Å². The van der Waals surface area contributed by atoms with Crippen molar-refractivity contribution >= 4 is 0 Å². The third kappa shape index (κ3) is 4.34. The van der Waals surface area contributed by atoms with E-state index < -0.39 is 0 Å². The molecule has 0 aliphatic heterocycles. The summed E-state index contributed by atoms with van der Waals surface area (Å²) in [6, 6.07) is 9.10.